The second kappa shape index (κ2) is 10.0. The van der Waals surface area contributed by atoms with Gasteiger partial charge in [-0.2, -0.15) is 0 Å². The van der Waals surface area contributed by atoms with E-state index in [0.29, 0.717) is 18.4 Å². The number of nitrogens with zero attached hydrogens (tertiary/aromatic N) is 3. The Balaban J connectivity index is 1.43. The van der Waals surface area contributed by atoms with E-state index in [-0.39, 0.29) is 0 Å². The molecule has 2 aromatic carbocycles. The minimum atomic E-state index is -0.550. The number of benzene rings is 2. The molecule has 0 aliphatic carbocycles. The highest BCUT2D eigenvalue weighted by molar-refractivity contribution is 6.30. The third-order valence-electron chi connectivity index (χ3n) is 6.44. The van der Waals surface area contributed by atoms with Crippen LogP contribution >= 0.6 is 11.6 Å². The lowest BCUT2D eigenvalue weighted by Gasteiger charge is -2.32. The van der Waals surface area contributed by atoms with Gasteiger partial charge in [0, 0.05) is 5.02 Å². The Morgan fingerprint density at radius 2 is 1.97 bits per heavy atom. The lowest BCUT2D eigenvalue weighted by molar-refractivity contribution is 0.192. The highest BCUT2D eigenvalue weighted by Crippen LogP contribution is 2.36. The van der Waals surface area contributed by atoms with Crippen molar-refractivity contribution in [2.24, 2.45) is 5.92 Å². The highest BCUT2D eigenvalue weighted by Gasteiger charge is 2.25. The van der Waals surface area contributed by atoms with Crippen LogP contribution in [0.5, 0.6) is 5.75 Å². The summed E-state index contributed by atoms with van der Waals surface area (Å²) in [6.45, 7) is 7.12. The van der Waals surface area contributed by atoms with Crippen molar-refractivity contribution in [2.75, 3.05) is 19.7 Å². The van der Waals surface area contributed by atoms with Gasteiger partial charge < -0.3 is 4.74 Å². The smallest absolute Gasteiger partial charge is 0.167 e. The van der Waals surface area contributed by atoms with E-state index in [1.165, 1.54) is 5.56 Å². The molecule has 1 fully saturated rings. The first kappa shape index (κ1) is 22.1. The summed E-state index contributed by atoms with van der Waals surface area (Å²) < 4.78 is 21.5. The number of likely N-dealkylation sites (tertiary alicyclic amines) is 1. The molecule has 1 aromatic heterocycles. The molecule has 0 spiro atoms. The minimum Gasteiger partial charge on any atom is -0.493 e. The van der Waals surface area contributed by atoms with Gasteiger partial charge in [0.05, 0.1) is 24.2 Å². The standard InChI is InChI=1S/C25H31ClFN3O/c1-3-18(2)16-31-24-9-8-20(26)14-21(24)19-10-12-29(13-11-19)15-25-28-22-6-4-5-7-23(22)30(25)17-27/h4-9,14,18-19H,3,10-13,15-17H2,1-2H3/t18-/m0/s1. The second-order valence-corrected chi connectivity index (χ2v) is 9.06. The summed E-state index contributed by atoms with van der Waals surface area (Å²) >= 11 is 6.32. The summed E-state index contributed by atoms with van der Waals surface area (Å²) in [6, 6.07) is 13.7. The van der Waals surface area contributed by atoms with E-state index in [2.05, 4.69) is 29.8 Å². The van der Waals surface area contributed by atoms with Crippen molar-refractivity contribution in [2.45, 2.75) is 52.4 Å². The largest absolute Gasteiger partial charge is 0.493 e. The molecule has 1 aliphatic rings. The van der Waals surface area contributed by atoms with Crippen molar-refractivity contribution in [1.82, 2.24) is 14.5 Å². The van der Waals surface area contributed by atoms with Gasteiger partial charge in [0.2, 0.25) is 0 Å². The van der Waals surface area contributed by atoms with Crippen LogP contribution in [0.25, 0.3) is 11.0 Å². The van der Waals surface area contributed by atoms with Crippen LogP contribution in [0.4, 0.5) is 4.39 Å². The van der Waals surface area contributed by atoms with Crippen LogP contribution in [0.3, 0.4) is 0 Å². The topological polar surface area (TPSA) is 30.3 Å². The number of alkyl halides is 1. The average molecular weight is 444 g/mol. The number of imidazole rings is 1. The Morgan fingerprint density at radius 1 is 1.19 bits per heavy atom. The number of halogens is 2. The van der Waals surface area contributed by atoms with Crippen LogP contribution in [-0.4, -0.2) is 34.1 Å². The van der Waals surface area contributed by atoms with E-state index in [0.717, 1.165) is 66.6 Å². The second-order valence-electron chi connectivity index (χ2n) is 8.62. The molecule has 31 heavy (non-hydrogen) atoms. The third kappa shape index (κ3) is 5.04. The summed E-state index contributed by atoms with van der Waals surface area (Å²) in [4.78, 5) is 7.04. The summed E-state index contributed by atoms with van der Waals surface area (Å²) in [5, 5.41) is 0.755. The van der Waals surface area contributed by atoms with Gasteiger partial charge in [0.1, 0.15) is 11.6 Å². The number of ether oxygens (including phenoxy) is 1. The van der Waals surface area contributed by atoms with Crippen LogP contribution < -0.4 is 4.74 Å². The molecular formula is C25H31ClFN3O. The maximum Gasteiger partial charge on any atom is 0.167 e. The van der Waals surface area contributed by atoms with E-state index in [1.54, 1.807) is 4.57 Å². The average Bonchev–Trinajstić information content (AvgIpc) is 3.15. The first-order chi connectivity index (χ1) is 15.1. The summed E-state index contributed by atoms with van der Waals surface area (Å²) in [7, 11) is 0. The van der Waals surface area contributed by atoms with E-state index in [4.69, 9.17) is 16.3 Å². The zero-order valence-electron chi connectivity index (χ0n) is 18.4. The van der Waals surface area contributed by atoms with Crippen LogP contribution in [0.2, 0.25) is 5.02 Å². The fourth-order valence-corrected chi connectivity index (χ4v) is 4.48. The molecule has 6 heteroatoms. The number of fused-ring (bicyclic) bond motifs is 1. The van der Waals surface area contributed by atoms with Crippen LogP contribution in [0.15, 0.2) is 42.5 Å². The maximum atomic E-state index is 13.7. The molecule has 3 aromatic rings. The Morgan fingerprint density at radius 3 is 2.71 bits per heavy atom. The lowest BCUT2D eigenvalue weighted by Crippen LogP contribution is -2.33. The normalized spacial score (nSPS) is 16.6. The number of rotatable bonds is 8. The van der Waals surface area contributed by atoms with Gasteiger partial charge in [-0.15, -0.1) is 0 Å². The molecule has 0 N–H and O–H groups in total. The predicted molar refractivity (Wildman–Crippen MR) is 124 cm³/mol. The molecule has 0 bridgehead atoms. The Bertz CT molecular complexity index is 1010. The first-order valence-corrected chi connectivity index (χ1v) is 11.6. The Hall–Kier alpha value is -2.11. The van der Waals surface area contributed by atoms with Gasteiger partial charge in [0.15, 0.2) is 6.80 Å². The van der Waals surface area contributed by atoms with Crippen molar-refractivity contribution in [3.8, 4) is 5.75 Å². The van der Waals surface area contributed by atoms with Gasteiger partial charge >= 0.3 is 0 Å². The quantitative estimate of drug-likeness (QED) is 0.402. The van der Waals surface area contributed by atoms with E-state index in [1.807, 2.05) is 36.4 Å². The van der Waals surface area contributed by atoms with Gasteiger partial charge in [-0.1, -0.05) is 44.0 Å². The molecule has 166 valence electrons. The fraction of sp³-hybridized carbons (Fsp3) is 0.480. The zero-order chi connectivity index (χ0) is 21.8. The molecule has 0 amide bonds. The number of aromatic nitrogens is 2. The van der Waals surface area contributed by atoms with Crippen LogP contribution in [0.1, 0.15) is 50.4 Å². The third-order valence-corrected chi connectivity index (χ3v) is 6.67. The molecule has 0 unspecified atom stereocenters. The molecular weight excluding hydrogens is 413 g/mol. The molecule has 1 atom stereocenters. The summed E-state index contributed by atoms with van der Waals surface area (Å²) in [5.74, 6) is 2.70. The number of para-hydroxylation sites is 2. The Kier molecular flexibility index (Phi) is 7.13. The first-order valence-electron chi connectivity index (χ1n) is 11.2. The molecule has 0 radical (unpaired) electrons. The summed E-state index contributed by atoms with van der Waals surface area (Å²) in [5.41, 5.74) is 2.93. The van der Waals surface area contributed by atoms with E-state index < -0.39 is 6.80 Å². The highest BCUT2D eigenvalue weighted by atomic mass is 35.5. The van der Waals surface area contributed by atoms with Crippen LogP contribution in [0, 0.1) is 5.92 Å². The van der Waals surface area contributed by atoms with Crippen LogP contribution in [-0.2, 0) is 13.3 Å². The fourth-order valence-electron chi connectivity index (χ4n) is 4.30. The molecule has 2 heterocycles. The SMILES string of the molecule is CC[C@H](C)COc1ccc(Cl)cc1C1CCN(Cc2nc3ccccc3n2CF)CC1. The maximum absolute atomic E-state index is 13.7. The van der Waals surface area contributed by atoms with E-state index in [9.17, 15) is 4.39 Å². The number of hydrogen-bond donors (Lipinski definition) is 0. The van der Waals surface area contributed by atoms with Gasteiger partial charge in [-0.05, 0) is 73.7 Å². The zero-order valence-corrected chi connectivity index (χ0v) is 19.1. The van der Waals surface area contributed by atoms with Crippen molar-refractivity contribution >= 4 is 22.6 Å². The molecule has 4 nitrogen and oxygen atoms in total. The molecule has 4 rings (SSSR count). The van der Waals surface area contributed by atoms with Crippen molar-refractivity contribution in [1.29, 1.82) is 0 Å². The number of piperidine rings is 1. The minimum absolute atomic E-state index is 0.418. The summed E-state index contributed by atoms with van der Waals surface area (Å²) in [6.07, 6.45) is 3.15. The van der Waals surface area contributed by atoms with E-state index >= 15 is 0 Å². The molecule has 0 saturated carbocycles. The van der Waals surface area contributed by atoms with Crippen molar-refractivity contribution < 1.29 is 9.13 Å². The molecule has 1 saturated heterocycles. The van der Waals surface area contributed by atoms with Gasteiger partial charge in [-0.25, -0.2) is 9.37 Å². The molecule has 1 aliphatic heterocycles. The Labute approximate surface area is 189 Å². The number of hydrogen-bond acceptors (Lipinski definition) is 3. The van der Waals surface area contributed by atoms with Gasteiger partial charge in [0.25, 0.3) is 0 Å². The van der Waals surface area contributed by atoms with Crippen molar-refractivity contribution in [3.05, 3.63) is 58.9 Å². The van der Waals surface area contributed by atoms with Crippen molar-refractivity contribution in [3.63, 3.8) is 0 Å². The monoisotopic (exact) mass is 443 g/mol. The lowest BCUT2D eigenvalue weighted by atomic mass is 9.88. The van der Waals surface area contributed by atoms with Gasteiger partial charge in [-0.3, -0.25) is 9.47 Å². The predicted octanol–water partition coefficient (Wildman–Crippen LogP) is 6.42.